The van der Waals surface area contributed by atoms with Crippen molar-refractivity contribution in [1.29, 1.82) is 0 Å². The first-order chi connectivity index (χ1) is 12.2. The van der Waals surface area contributed by atoms with E-state index in [4.69, 9.17) is 18.9 Å². The Morgan fingerprint density at radius 2 is 1.64 bits per heavy atom. The van der Waals surface area contributed by atoms with E-state index in [1.807, 2.05) is 30.3 Å². The molecule has 0 fully saturated rings. The van der Waals surface area contributed by atoms with Gasteiger partial charge in [0.05, 0.1) is 13.2 Å². The highest BCUT2D eigenvalue weighted by Crippen LogP contribution is 2.47. The number of hydrogen-bond donors (Lipinski definition) is 0. The van der Waals surface area contributed by atoms with Crippen molar-refractivity contribution in [2.45, 2.75) is 20.0 Å². The lowest BCUT2D eigenvalue weighted by atomic mass is 10.1. The number of hydrogen-bond acceptors (Lipinski definition) is 7. The molecule has 132 valence electrons. The number of rotatable bonds is 5. The van der Waals surface area contributed by atoms with Crippen LogP contribution >= 0.6 is 11.3 Å². The molecule has 0 N–H and O–H groups in total. The Hall–Kier alpha value is -2.54. The molecule has 0 bridgehead atoms. The average Bonchev–Trinajstić information content (AvgIpc) is 3.02. The van der Waals surface area contributed by atoms with E-state index in [1.54, 1.807) is 13.8 Å². The molecular formula is C18H18O6S. The predicted octanol–water partition coefficient (Wildman–Crippen LogP) is 3.61. The van der Waals surface area contributed by atoms with Crippen molar-refractivity contribution >= 4 is 23.3 Å². The first-order valence-electron chi connectivity index (χ1n) is 8.01. The molecule has 0 radical (unpaired) electrons. The van der Waals surface area contributed by atoms with E-state index in [1.165, 1.54) is 0 Å². The fourth-order valence-electron chi connectivity index (χ4n) is 2.47. The molecule has 0 amide bonds. The van der Waals surface area contributed by atoms with Crippen LogP contribution in [-0.2, 0) is 9.47 Å². The van der Waals surface area contributed by atoms with Crippen molar-refractivity contribution in [3.63, 3.8) is 0 Å². The Morgan fingerprint density at radius 1 is 1.04 bits per heavy atom. The number of thiophene rings is 1. The van der Waals surface area contributed by atoms with Crippen LogP contribution in [0, 0.1) is 0 Å². The SMILES string of the molecule is CCOC(=O)c1sc(C(=O)OCC)c2c1OCC(c1ccccc1)O2. The molecule has 1 aromatic heterocycles. The minimum Gasteiger partial charge on any atom is -0.484 e. The van der Waals surface area contributed by atoms with Crippen molar-refractivity contribution in [1.82, 2.24) is 0 Å². The quantitative estimate of drug-likeness (QED) is 0.757. The third kappa shape index (κ3) is 3.46. The molecule has 25 heavy (non-hydrogen) atoms. The van der Waals surface area contributed by atoms with E-state index >= 15 is 0 Å². The molecule has 0 spiro atoms. The maximum Gasteiger partial charge on any atom is 0.352 e. The number of carbonyl (C=O) groups excluding carboxylic acids is 2. The molecule has 0 saturated carbocycles. The molecule has 1 aliphatic heterocycles. The Morgan fingerprint density at radius 3 is 2.24 bits per heavy atom. The largest absolute Gasteiger partial charge is 0.484 e. The molecule has 2 heterocycles. The van der Waals surface area contributed by atoms with Crippen LogP contribution in [0.2, 0.25) is 0 Å². The van der Waals surface area contributed by atoms with E-state index < -0.39 is 11.9 Å². The van der Waals surface area contributed by atoms with Crippen LogP contribution in [0.15, 0.2) is 30.3 Å². The lowest BCUT2D eigenvalue weighted by Gasteiger charge is -2.25. The summed E-state index contributed by atoms with van der Waals surface area (Å²) in [6.45, 7) is 4.13. The van der Waals surface area contributed by atoms with Crippen molar-refractivity contribution in [3.05, 3.63) is 45.6 Å². The van der Waals surface area contributed by atoms with Crippen LogP contribution in [0.3, 0.4) is 0 Å². The van der Waals surface area contributed by atoms with Gasteiger partial charge in [-0.1, -0.05) is 30.3 Å². The van der Waals surface area contributed by atoms with Crippen LogP contribution in [0.4, 0.5) is 0 Å². The summed E-state index contributed by atoms with van der Waals surface area (Å²) in [5.74, 6) is -0.594. The Kier molecular flexibility index (Phi) is 5.23. The fourth-order valence-corrected chi connectivity index (χ4v) is 3.43. The van der Waals surface area contributed by atoms with Gasteiger partial charge in [0.1, 0.15) is 6.61 Å². The summed E-state index contributed by atoms with van der Waals surface area (Å²) >= 11 is 0.970. The van der Waals surface area contributed by atoms with Crippen LogP contribution in [0.1, 0.15) is 44.9 Å². The van der Waals surface area contributed by atoms with Crippen LogP contribution in [0.25, 0.3) is 0 Å². The van der Waals surface area contributed by atoms with Gasteiger partial charge in [-0.15, -0.1) is 11.3 Å². The Bertz CT molecular complexity index is 767. The molecule has 2 aromatic rings. The van der Waals surface area contributed by atoms with Crippen LogP contribution in [-0.4, -0.2) is 31.8 Å². The van der Waals surface area contributed by atoms with Gasteiger partial charge < -0.3 is 18.9 Å². The predicted molar refractivity (Wildman–Crippen MR) is 91.5 cm³/mol. The summed E-state index contributed by atoms with van der Waals surface area (Å²) in [7, 11) is 0. The minimum absolute atomic E-state index is 0.209. The van der Waals surface area contributed by atoms with Crippen molar-refractivity contribution in [2.75, 3.05) is 19.8 Å². The maximum atomic E-state index is 12.3. The van der Waals surface area contributed by atoms with Gasteiger partial charge in [-0.25, -0.2) is 9.59 Å². The molecular weight excluding hydrogens is 344 g/mol. The second-order valence-electron chi connectivity index (χ2n) is 5.19. The standard InChI is InChI=1S/C18H18O6S/c1-3-21-17(19)15-13-14(16(25-15)18(20)22-4-2)24-12(10-23-13)11-8-6-5-7-9-11/h5-9,12H,3-4,10H2,1-2H3. The van der Waals surface area contributed by atoms with Crippen LogP contribution in [0.5, 0.6) is 11.5 Å². The van der Waals surface area contributed by atoms with E-state index in [2.05, 4.69) is 0 Å². The normalized spacial score (nSPS) is 15.5. The average molecular weight is 362 g/mol. The summed E-state index contributed by atoms with van der Waals surface area (Å²) < 4.78 is 21.9. The summed E-state index contributed by atoms with van der Waals surface area (Å²) in [5, 5.41) is 0. The third-order valence-electron chi connectivity index (χ3n) is 3.55. The van der Waals surface area contributed by atoms with Crippen molar-refractivity contribution in [3.8, 4) is 11.5 Å². The van der Waals surface area contributed by atoms with E-state index in [-0.39, 0.29) is 47.2 Å². The van der Waals surface area contributed by atoms with Gasteiger partial charge in [0, 0.05) is 0 Å². The number of benzene rings is 1. The lowest BCUT2D eigenvalue weighted by molar-refractivity contribution is 0.0484. The lowest BCUT2D eigenvalue weighted by Crippen LogP contribution is -2.22. The molecule has 3 rings (SSSR count). The van der Waals surface area contributed by atoms with Gasteiger partial charge in [-0.2, -0.15) is 0 Å². The van der Waals surface area contributed by atoms with E-state index in [9.17, 15) is 9.59 Å². The Labute approximate surface area is 149 Å². The molecule has 0 aliphatic carbocycles. The van der Waals surface area contributed by atoms with E-state index in [0.29, 0.717) is 0 Å². The zero-order chi connectivity index (χ0) is 17.8. The summed E-state index contributed by atoms with van der Waals surface area (Å²) in [4.78, 5) is 24.8. The number of esters is 2. The number of carbonyl (C=O) groups is 2. The van der Waals surface area contributed by atoms with E-state index in [0.717, 1.165) is 16.9 Å². The molecule has 0 saturated heterocycles. The molecule has 1 aliphatic rings. The van der Waals surface area contributed by atoms with Gasteiger partial charge in [0.2, 0.25) is 0 Å². The molecule has 6 nitrogen and oxygen atoms in total. The van der Waals surface area contributed by atoms with Crippen LogP contribution < -0.4 is 9.47 Å². The van der Waals surface area contributed by atoms with Crippen molar-refractivity contribution < 1.29 is 28.5 Å². The van der Waals surface area contributed by atoms with Gasteiger partial charge in [0.15, 0.2) is 27.4 Å². The van der Waals surface area contributed by atoms with Gasteiger partial charge >= 0.3 is 11.9 Å². The fraction of sp³-hybridized carbons (Fsp3) is 0.333. The minimum atomic E-state index is -0.545. The highest BCUT2D eigenvalue weighted by Gasteiger charge is 2.36. The zero-order valence-electron chi connectivity index (χ0n) is 13.9. The smallest absolute Gasteiger partial charge is 0.352 e. The maximum absolute atomic E-state index is 12.3. The van der Waals surface area contributed by atoms with Gasteiger partial charge in [-0.05, 0) is 19.4 Å². The first-order valence-corrected chi connectivity index (χ1v) is 8.82. The summed E-state index contributed by atoms with van der Waals surface area (Å²) in [5.41, 5.74) is 0.923. The first kappa shape index (κ1) is 17.3. The summed E-state index contributed by atoms with van der Waals surface area (Å²) in [6.07, 6.45) is -0.369. The summed E-state index contributed by atoms with van der Waals surface area (Å²) in [6, 6.07) is 9.55. The monoisotopic (exact) mass is 362 g/mol. The Balaban J connectivity index is 1.98. The van der Waals surface area contributed by atoms with Crippen molar-refractivity contribution in [2.24, 2.45) is 0 Å². The van der Waals surface area contributed by atoms with Gasteiger partial charge in [-0.3, -0.25) is 0 Å². The zero-order valence-corrected chi connectivity index (χ0v) is 14.8. The molecule has 1 atom stereocenters. The third-order valence-corrected chi connectivity index (χ3v) is 4.67. The number of ether oxygens (including phenoxy) is 4. The highest BCUT2D eigenvalue weighted by atomic mass is 32.1. The molecule has 7 heteroatoms. The second kappa shape index (κ2) is 7.57. The molecule has 1 unspecified atom stereocenters. The second-order valence-corrected chi connectivity index (χ2v) is 6.21. The number of fused-ring (bicyclic) bond motifs is 1. The highest BCUT2D eigenvalue weighted by molar-refractivity contribution is 7.16. The molecule has 1 aromatic carbocycles. The van der Waals surface area contributed by atoms with Gasteiger partial charge in [0.25, 0.3) is 0 Å². The topological polar surface area (TPSA) is 71.1 Å².